The molecule has 0 aromatic heterocycles. The highest BCUT2D eigenvalue weighted by molar-refractivity contribution is 7.55. The lowest BCUT2D eigenvalue weighted by Crippen LogP contribution is -2.50. The first kappa shape index (κ1) is 27.6. The Kier molecular flexibility index (Phi) is 11.9. The summed E-state index contributed by atoms with van der Waals surface area (Å²) in [7, 11) is -4.19. The summed E-state index contributed by atoms with van der Waals surface area (Å²) in [6.45, 7) is 3.89. The number of benzene rings is 1. The zero-order valence-electron chi connectivity index (χ0n) is 18.3. The second-order valence-electron chi connectivity index (χ2n) is 7.74. The molecule has 11 nitrogen and oxygen atoms in total. The molecule has 0 heterocycles. The second-order valence-corrected chi connectivity index (χ2v) is 9.72. The summed E-state index contributed by atoms with van der Waals surface area (Å²) in [6.07, 6.45) is -0.844. The Labute approximate surface area is 187 Å². The summed E-state index contributed by atoms with van der Waals surface area (Å²) in [4.78, 5) is 46.1. The number of alkyl carbamates (subject to hydrolysis) is 1. The van der Waals surface area contributed by atoms with Crippen LogP contribution in [0.2, 0.25) is 0 Å². The fourth-order valence-corrected chi connectivity index (χ4v) is 3.92. The minimum Gasteiger partial charge on any atom is -0.480 e. The summed E-state index contributed by atoms with van der Waals surface area (Å²) in [5.74, 6) is -1.97. The van der Waals surface area contributed by atoms with Gasteiger partial charge in [-0.05, 0) is 37.3 Å². The molecule has 3 atom stereocenters. The Morgan fingerprint density at radius 1 is 1.16 bits per heavy atom. The highest BCUT2D eigenvalue weighted by atomic mass is 31.2. The standard InChI is InChI=1S/C20H33N4O7P/c1-14(2)11-17(18(25)23-16(19(26)27)9-6-10-21)24-32(29,30)13-22-20(28)31-12-15-7-4-3-5-8-15/h3-5,7-8,14,16-17H,6,9-13,21H2,1-2H3,(H,22,28)(H,23,25)(H,26,27)(H2,24,29,30)/t16-,17-/m0/s1. The van der Waals surface area contributed by atoms with Crippen molar-refractivity contribution in [2.75, 3.05) is 12.8 Å². The highest BCUT2D eigenvalue weighted by Gasteiger charge is 2.31. The van der Waals surface area contributed by atoms with Crippen molar-refractivity contribution >= 4 is 25.5 Å². The molecule has 7 N–H and O–H groups in total. The van der Waals surface area contributed by atoms with Crippen LogP contribution in [0.5, 0.6) is 0 Å². The molecule has 180 valence electrons. The van der Waals surface area contributed by atoms with Gasteiger partial charge in [-0.2, -0.15) is 0 Å². The normalized spacial score (nSPS) is 14.8. The van der Waals surface area contributed by atoms with Gasteiger partial charge in [0, 0.05) is 0 Å². The Balaban J connectivity index is 2.66. The average Bonchev–Trinajstić information content (AvgIpc) is 2.73. The molecule has 32 heavy (non-hydrogen) atoms. The molecule has 1 aromatic carbocycles. The molecule has 0 saturated carbocycles. The van der Waals surface area contributed by atoms with Gasteiger partial charge in [-0.3, -0.25) is 9.36 Å². The van der Waals surface area contributed by atoms with E-state index in [1.165, 1.54) is 0 Å². The van der Waals surface area contributed by atoms with Crippen LogP contribution in [-0.2, 0) is 25.5 Å². The van der Waals surface area contributed by atoms with Crippen molar-refractivity contribution in [3.05, 3.63) is 35.9 Å². The van der Waals surface area contributed by atoms with E-state index in [2.05, 4.69) is 15.7 Å². The van der Waals surface area contributed by atoms with Gasteiger partial charge in [0.1, 0.15) is 18.9 Å². The number of carboxylic acid groups (broad SMARTS) is 1. The maximum atomic E-state index is 12.6. The number of nitrogens with one attached hydrogen (secondary N) is 3. The van der Waals surface area contributed by atoms with Crippen LogP contribution in [0.4, 0.5) is 4.79 Å². The van der Waals surface area contributed by atoms with Gasteiger partial charge in [0.2, 0.25) is 5.91 Å². The molecule has 2 amide bonds. The predicted molar refractivity (Wildman–Crippen MR) is 119 cm³/mol. The Bertz CT molecular complexity index is 791. The third-order valence-electron chi connectivity index (χ3n) is 4.34. The van der Waals surface area contributed by atoms with Gasteiger partial charge in [0.15, 0.2) is 0 Å². The molecule has 0 fully saturated rings. The largest absolute Gasteiger partial charge is 0.480 e. The molecular formula is C20H33N4O7P. The lowest BCUT2D eigenvalue weighted by molar-refractivity contribution is -0.142. The van der Waals surface area contributed by atoms with E-state index in [0.29, 0.717) is 6.42 Å². The van der Waals surface area contributed by atoms with Gasteiger partial charge in [0.05, 0.1) is 6.04 Å². The van der Waals surface area contributed by atoms with Crippen molar-refractivity contribution < 1.29 is 33.7 Å². The van der Waals surface area contributed by atoms with Crippen LogP contribution >= 0.6 is 7.52 Å². The van der Waals surface area contributed by atoms with Crippen LogP contribution < -0.4 is 21.5 Å². The predicted octanol–water partition coefficient (Wildman–Crippen LogP) is 1.37. The van der Waals surface area contributed by atoms with Crippen molar-refractivity contribution in [2.24, 2.45) is 11.7 Å². The molecule has 1 rings (SSSR count). The van der Waals surface area contributed by atoms with Gasteiger partial charge < -0.3 is 31.1 Å². The number of carbonyl (C=O) groups is 3. The molecule has 0 saturated heterocycles. The fourth-order valence-electron chi connectivity index (χ4n) is 2.78. The van der Waals surface area contributed by atoms with Crippen molar-refractivity contribution in [1.82, 2.24) is 15.7 Å². The van der Waals surface area contributed by atoms with Gasteiger partial charge in [-0.1, -0.05) is 44.2 Å². The van der Waals surface area contributed by atoms with E-state index >= 15 is 0 Å². The molecule has 0 bridgehead atoms. The summed E-state index contributed by atoms with van der Waals surface area (Å²) in [5, 5.41) is 16.2. The number of nitrogens with two attached hydrogens (primary N) is 1. The fraction of sp³-hybridized carbons (Fsp3) is 0.550. The molecule has 12 heteroatoms. The SMILES string of the molecule is CC(C)C[C@H](NP(=O)(O)CNC(=O)OCc1ccccc1)C(=O)N[C@@H](CCCN)C(=O)O. The number of rotatable bonds is 14. The van der Waals surface area contributed by atoms with Crippen LogP contribution in [-0.4, -0.2) is 52.9 Å². The average molecular weight is 472 g/mol. The number of hydrogen-bond donors (Lipinski definition) is 6. The first-order chi connectivity index (χ1) is 15.0. The summed E-state index contributed by atoms with van der Waals surface area (Å²) >= 11 is 0. The number of amides is 2. The minimum absolute atomic E-state index is 0.00636. The zero-order valence-corrected chi connectivity index (χ0v) is 19.2. The van der Waals surface area contributed by atoms with Crippen molar-refractivity contribution in [3.8, 4) is 0 Å². The monoisotopic (exact) mass is 472 g/mol. The molecule has 0 radical (unpaired) electrons. The lowest BCUT2D eigenvalue weighted by atomic mass is 10.0. The van der Waals surface area contributed by atoms with E-state index < -0.39 is 43.9 Å². The van der Waals surface area contributed by atoms with E-state index in [1.54, 1.807) is 24.3 Å². The number of carbonyl (C=O) groups excluding carboxylic acids is 2. The van der Waals surface area contributed by atoms with Crippen LogP contribution in [0.25, 0.3) is 0 Å². The summed E-state index contributed by atoms with van der Waals surface area (Å²) in [6, 6.07) is 6.62. The molecule has 0 aliphatic heterocycles. The third-order valence-corrected chi connectivity index (χ3v) is 5.65. The zero-order chi connectivity index (χ0) is 24.1. The summed E-state index contributed by atoms with van der Waals surface area (Å²) in [5.41, 5.74) is 6.15. The quantitative estimate of drug-likeness (QED) is 0.218. The second kappa shape index (κ2) is 13.8. The molecule has 1 aromatic rings. The Morgan fingerprint density at radius 2 is 1.81 bits per heavy atom. The topological polar surface area (TPSA) is 180 Å². The highest BCUT2D eigenvalue weighted by Crippen LogP contribution is 2.35. The maximum Gasteiger partial charge on any atom is 0.407 e. The van der Waals surface area contributed by atoms with Crippen LogP contribution in [0.15, 0.2) is 30.3 Å². The number of carboxylic acids is 1. The van der Waals surface area contributed by atoms with Crippen molar-refractivity contribution in [3.63, 3.8) is 0 Å². The molecule has 0 aliphatic rings. The van der Waals surface area contributed by atoms with Crippen LogP contribution in [0.3, 0.4) is 0 Å². The number of aliphatic carboxylic acids is 1. The number of ether oxygens (including phenoxy) is 1. The van der Waals surface area contributed by atoms with Gasteiger partial charge in [-0.15, -0.1) is 0 Å². The molecule has 1 unspecified atom stereocenters. The van der Waals surface area contributed by atoms with E-state index in [1.807, 2.05) is 19.9 Å². The van der Waals surface area contributed by atoms with Crippen molar-refractivity contribution in [1.29, 1.82) is 0 Å². The van der Waals surface area contributed by atoms with Crippen molar-refractivity contribution in [2.45, 2.75) is 51.8 Å². The van der Waals surface area contributed by atoms with E-state index in [0.717, 1.165) is 5.56 Å². The van der Waals surface area contributed by atoms with E-state index in [-0.39, 0.29) is 31.9 Å². The van der Waals surface area contributed by atoms with Gasteiger partial charge in [0.25, 0.3) is 7.52 Å². The summed E-state index contributed by atoms with van der Waals surface area (Å²) < 4.78 is 17.5. The Hall–Kier alpha value is -2.46. The van der Waals surface area contributed by atoms with E-state index in [4.69, 9.17) is 10.5 Å². The van der Waals surface area contributed by atoms with Gasteiger partial charge >= 0.3 is 12.1 Å². The Morgan fingerprint density at radius 3 is 2.38 bits per heavy atom. The first-order valence-electron chi connectivity index (χ1n) is 10.3. The molecule has 0 spiro atoms. The number of hydrogen-bond acceptors (Lipinski definition) is 6. The van der Waals surface area contributed by atoms with Crippen LogP contribution in [0.1, 0.15) is 38.7 Å². The first-order valence-corrected chi connectivity index (χ1v) is 12.2. The third kappa shape index (κ3) is 11.2. The van der Waals surface area contributed by atoms with Crippen LogP contribution in [0, 0.1) is 5.92 Å². The van der Waals surface area contributed by atoms with Gasteiger partial charge in [-0.25, -0.2) is 14.7 Å². The lowest BCUT2D eigenvalue weighted by Gasteiger charge is -2.25. The minimum atomic E-state index is -4.19. The molecular weight excluding hydrogens is 439 g/mol. The molecule has 0 aliphatic carbocycles. The smallest absolute Gasteiger partial charge is 0.407 e. The van der Waals surface area contributed by atoms with E-state index in [9.17, 15) is 28.9 Å². The maximum absolute atomic E-state index is 12.6.